The molecule has 3 rings (SSSR count). The van der Waals surface area contributed by atoms with E-state index >= 15 is 0 Å². The Bertz CT molecular complexity index is 819. The van der Waals surface area contributed by atoms with Crippen LogP contribution >= 0.6 is 23.2 Å². The molecule has 0 bridgehead atoms. The largest absolute Gasteiger partial charge is 0.320 e. The predicted molar refractivity (Wildman–Crippen MR) is 95.7 cm³/mol. The molecule has 24 heavy (non-hydrogen) atoms. The van der Waals surface area contributed by atoms with Crippen molar-refractivity contribution in [3.05, 3.63) is 58.6 Å². The summed E-state index contributed by atoms with van der Waals surface area (Å²) in [6.45, 7) is 0. The number of carbonyl (C=O) groups is 2. The van der Waals surface area contributed by atoms with Gasteiger partial charge in [-0.15, -0.1) is 0 Å². The highest BCUT2D eigenvalue weighted by molar-refractivity contribution is 6.45. The van der Waals surface area contributed by atoms with Gasteiger partial charge in [0.25, 0.3) is 5.91 Å². The Balaban J connectivity index is 1.83. The molecule has 0 radical (unpaired) electrons. The molecular weight excluding hydrogens is 349 g/mol. The third-order valence-corrected chi connectivity index (χ3v) is 4.07. The molecule has 1 N–H and O–H groups in total. The van der Waals surface area contributed by atoms with Gasteiger partial charge in [0.05, 0.1) is 16.4 Å². The molecule has 1 heterocycles. The van der Waals surface area contributed by atoms with Gasteiger partial charge in [0.1, 0.15) is 5.71 Å². The van der Waals surface area contributed by atoms with Gasteiger partial charge in [0, 0.05) is 17.9 Å². The highest BCUT2D eigenvalue weighted by atomic mass is 35.5. The third kappa shape index (κ3) is 3.58. The number of amides is 2. The van der Waals surface area contributed by atoms with Crippen molar-refractivity contribution in [1.29, 1.82) is 0 Å². The number of hydrogen-bond acceptors (Lipinski definition) is 3. The van der Waals surface area contributed by atoms with Gasteiger partial charge in [-0.05, 0) is 36.4 Å². The van der Waals surface area contributed by atoms with Gasteiger partial charge in [0.2, 0.25) is 5.91 Å². The minimum absolute atomic E-state index is 0.174. The van der Waals surface area contributed by atoms with E-state index in [1.165, 1.54) is 5.01 Å². The van der Waals surface area contributed by atoms with Crippen LogP contribution in [0, 0.1) is 0 Å². The van der Waals surface area contributed by atoms with Crippen LogP contribution in [0.3, 0.4) is 0 Å². The van der Waals surface area contributed by atoms with Gasteiger partial charge in [-0.2, -0.15) is 5.10 Å². The molecule has 0 fully saturated rings. The molecular formula is C17H13Cl2N3O2. The summed E-state index contributed by atoms with van der Waals surface area (Å²) in [4.78, 5) is 24.5. The molecule has 2 aromatic carbocycles. The van der Waals surface area contributed by atoms with Crippen LogP contribution in [0.5, 0.6) is 0 Å². The Morgan fingerprint density at radius 1 is 1.04 bits per heavy atom. The average Bonchev–Trinajstić information content (AvgIpc) is 2.58. The monoisotopic (exact) mass is 361 g/mol. The highest BCUT2D eigenvalue weighted by Crippen LogP contribution is 2.24. The maximum Gasteiger partial charge on any atom is 0.271 e. The van der Waals surface area contributed by atoms with Gasteiger partial charge in [-0.3, -0.25) is 9.59 Å². The molecule has 0 spiro atoms. The van der Waals surface area contributed by atoms with Crippen molar-refractivity contribution in [2.45, 2.75) is 12.8 Å². The number of hydrazone groups is 1. The van der Waals surface area contributed by atoms with Gasteiger partial charge in [-0.25, -0.2) is 5.01 Å². The normalized spacial score (nSPS) is 14.3. The van der Waals surface area contributed by atoms with Crippen molar-refractivity contribution in [2.75, 3.05) is 10.3 Å². The Morgan fingerprint density at radius 3 is 2.46 bits per heavy atom. The van der Waals surface area contributed by atoms with Crippen molar-refractivity contribution in [1.82, 2.24) is 0 Å². The van der Waals surface area contributed by atoms with Crippen LogP contribution in [0.15, 0.2) is 53.6 Å². The lowest BCUT2D eigenvalue weighted by Gasteiger charge is -2.23. The number of benzene rings is 2. The number of rotatable bonds is 3. The molecule has 1 aliphatic rings. The summed E-state index contributed by atoms with van der Waals surface area (Å²) in [6, 6.07) is 13.6. The van der Waals surface area contributed by atoms with E-state index in [0.717, 1.165) is 0 Å². The number of halogens is 2. The molecule has 2 amide bonds. The van der Waals surface area contributed by atoms with Crippen LogP contribution in [0.25, 0.3) is 0 Å². The standard InChI is InChI=1S/C17H13Cl2N3O2/c18-11-5-7-12(8-6-11)22-16(23)10-9-15(21-22)17(24)20-14-4-2-1-3-13(14)19/h1-8H,9-10H2,(H,20,24). The summed E-state index contributed by atoms with van der Waals surface area (Å²) < 4.78 is 0. The third-order valence-electron chi connectivity index (χ3n) is 3.49. The van der Waals surface area contributed by atoms with Crippen LogP contribution < -0.4 is 10.3 Å². The lowest BCUT2D eigenvalue weighted by atomic mass is 10.1. The van der Waals surface area contributed by atoms with Gasteiger partial charge >= 0.3 is 0 Å². The first kappa shape index (κ1) is 16.5. The van der Waals surface area contributed by atoms with E-state index in [1.54, 1.807) is 48.5 Å². The van der Waals surface area contributed by atoms with Crippen molar-refractivity contribution >= 4 is 52.1 Å². The second-order valence-corrected chi connectivity index (χ2v) is 6.01. The van der Waals surface area contributed by atoms with Crippen LogP contribution in [0.2, 0.25) is 10.0 Å². The summed E-state index contributed by atoms with van der Waals surface area (Å²) in [5.74, 6) is -0.554. The predicted octanol–water partition coefficient (Wildman–Crippen LogP) is 4.11. The first-order valence-corrected chi connectivity index (χ1v) is 8.02. The number of para-hydroxylation sites is 1. The molecule has 0 saturated carbocycles. The molecule has 5 nitrogen and oxygen atoms in total. The molecule has 0 aliphatic carbocycles. The zero-order valence-electron chi connectivity index (χ0n) is 12.5. The zero-order valence-corrected chi connectivity index (χ0v) is 14.0. The minimum Gasteiger partial charge on any atom is -0.320 e. The van der Waals surface area contributed by atoms with Crippen LogP contribution in [0.1, 0.15) is 12.8 Å². The van der Waals surface area contributed by atoms with Crippen molar-refractivity contribution < 1.29 is 9.59 Å². The molecule has 0 unspecified atom stereocenters. The molecule has 1 aliphatic heterocycles. The smallest absolute Gasteiger partial charge is 0.271 e. The molecule has 0 atom stereocenters. The SMILES string of the molecule is O=C(Nc1ccccc1Cl)C1=NN(c2ccc(Cl)cc2)C(=O)CC1. The average molecular weight is 362 g/mol. The summed E-state index contributed by atoms with van der Waals surface area (Å²) in [6.07, 6.45) is 0.483. The van der Waals surface area contributed by atoms with E-state index in [1.807, 2.05) is 0 Å². The summed E-state index contributed by atoms with van der Waals surface area (Å²) >= 11 is 11.9. The van der Waals surface area contributed by atoms with Crippen LogP contribution in [-0.2, 0) is 9.59 Å². The fourth-order valence-corrected chi connectivity index (χ4v) is 2.57. The highest BCUT2D eigenvalue weighted by Gasteiger charge is 2.25. The number of carbonyl (C=O) groups excluding carboxylic acids is 2. The van der Waals surface area contributed by atoms with Crippen molar-refractivity contribution in [3.8, 4) is 0 Å². The Morgan fingerprint density at radius 2 is 1.75 bits per heavy atom. The van der Waals surface area contributed by atoms with Gasteiger partial charge in [-0.1, -0.05) is 35.3 Å². The Kier molecular flexibility index (Phi) is 4.83. The summed E-state index contributed by atoms with van der Waals surface area (Å²) in [7, 11) is 0. The first-order chi connectivity index (χ1) is 11.5. The summed E-state index contributed by atoms with van der Waals surface area (Å²) in [5.41, 5.74) is 1.33. The number of hydrogen-bond donors (Lipinski definition) is 1. The number of anilines is 2. The van der Waals surface area contributed by atoms with Gasteiger partial charge in [0.15, 0.2) is 0 Å². The van der Waals surface area contributed by atoms with E-state index in [0.29, 0.717) is 21.4 Å². The summed E-state index contributed by atoms with van der Waals surface area (Å²) in [5, 5.41) is 9.13. The lowest BCUT2D eigenvalue weighted by Crippen LogP contribution is -2.36. The Hall–Kier alpha value is -2.37. The molecule has 7 heteroatoms. The van der Waals surface area contributed by atoms with Crippen LogP contribution in [-0.4, -0.2) is 17.5 Å². The second kappa shape index (κ2) is 7.03. The fraction of sp³-hybridized carbons (Fsp3) is 0.118. The van der Waals surface area contributed by atoms with E-state index < -0.39 is 0 Å². The maximum atomic E-state index is 12.4. The molecule has 0 saturated heterocycles. The van der Waals surface area contributed by atoms with E-state index in [4.69, 9.17) is 23.2 Å². The van der Waals surface area contributed by atoms with Crippen molar-refractivity contribution in [2.24, 2.45) is 5.10 Å². The van der Waals surface area contributed by atoms with E-state index in [2.05, 4.69) is 10.4 Å². The lowest BCUT2D eigenvalue weighted by molar-refractivity contribution is -0.118. The fourth-order valence-electron chi connectivity index (χ4n) is 2.26. The van der Waals surface area contributed by atoms with Gasteiger partial charge < -0.3 is 5.32 Å². The molecule has 0 aromatic heterocycles. The number of nitrogens with zero attached hydrogens (tertiary/aromatic N) is 2. The van der Waals surface area contributed by atoms with Crippen LogP contribution in [0.4, 0.5) is 11.4 Å². The molecule has 2 aromatic rings. The van der Waals surface area contributed by atoms with Crippen molar-refractivity contribution in [3.63, 3.8) is 0 Å². The first-order valence-electron chi connectivity index (χ1n) is 7.26. The maximum absolute atomic E-state index is 12.4. The minimum atomic E-state index is -0.380. The Labute approximate surface area is 148 Å². The zero-order chi connectivity index (χ0) is 17.1. The second-order valence-electron chi connectivity index (χ2n) is 5.16. The number of nitrogens with one attached hydrogen (secondary N) is 1. The van der Waals surface area contributed by atoms with E-state index in [9.17, 15) is 9.59 Å². The topological polar surface area (TPSA) is 61.8 Å². The quantitative estimate of drug-likeness (QED) is 0.893. The van der Waals surface area contributed by atoms with E-state index in [-0.39, 0.29) is 30.4 Å². The molecule has 122 valence electrons.